The average molecular weight is 754 g/mol. The molecule has 0 radical (unpaired) electrons. The molecule has 6 N–H and O–H groups in total. The number of para-hydroxylation sites is 1. The van der Waals surface area contributed by atoms with E-state index in [2.05, 4.69) is 26.9 Å². The van der Waals surface area contributed by atoms with Crippen LogP contribution in [0, 0.1) is 11.3 Å². The molecule has 55 heavy (non-hydrogen) atoms. The Hall–Kier alpha value is -3.94. The molecule has 6 aliphatic rings. The first-order valence-electron chi connectivity index (χ1n) is 20.0. The molecule has 1 saturated carbocycles. The van der Waals surface area contributed by atoms with Gasteiger partial charge in [-0.2, -0.15) is 0 Å². The Bertz CT molecular complexity index is 2120. The van der Waals surface area contributed by atoms with E-state index in [4.69, 9.17) is 15.2 Å². The van der Waals surface area contributed by atoms with Gasteiger partial charge >= 0.3 is 5.97 Å². The molecule has 10 atom stereocenters. The number of hydrogen-bond donors (Lipinski definition) is 5. The predicted molar refractivity (Wildman–Crippen MR) is 208 cm³/mol. The highest BCUT2D eigenvalue weighted by atomic mass is 16.5. The summed E-state index contributed by atoms with van der Waals surface area (Å²) in [5, 5.41) is 38.0. The van der Waals surface area contributed by atoms with Crippen LogP contribution >= 0.6 is 0 Å². The topological polar surface area (TPSA) is 165 Å². The number of rotatable bonds is 6. The molecule has 1 aromatic heterocycles. The molecule has 2 saturated heterocycles. The number of nitrogens with one attached hydrogen (secondary N) is 1. The lowest BCUT2D eigenvalue weighted by Gasteiger charge is -2.63. The summed E-state index contributed by atoms with van der Waals surface area (Å²) in [7, 11) is 4.89. The molecule has 1 aliphatic carbocycles. The number of aromatic amines is 1. The standard InChI is InChI=1S/C43H55N5O7/c1-6-39(52)21-25-22-42(38(51)55-5,33-27(13-17-47(23-25)24-39)26-11-8-9-12-30(26)45-33)29-19-28-31(20-32(29)54-4)46(3)35-41(28)15-18-48-16-10-14-40(7-2,34(41)48)36(49)43(35,53)37(44)50/h8-12,14,19-20,25,34-36,45,49,52-53H,6-7,13,15-18,21-24H2,1-5H3,(H2,44,50)/t25-,34+,35?,36-,39+,40-,41-,42+,43+/m1/s1. The number of methoxy groups -OCH3 is 2. The van der Waals surface area contributed by atoms with Crippen LogP contribution in [0.25, 0.3) is 10.9 Å². The molecule has 294 valence electrons. The largest absolute Gasteiger partial charge is 0.496 e. The minimum Gasteiger partial charge on any atom is -0.496 e. The molecule has 1 amide bonds. The van der Waals surface area contributed by atoms with Gasteiger partial charge in [0.05, 0.1) is 25.9 Å². The Kier molecular flexibility index (Phi) is 8.19. The van der Waals surface area contributed by atoms with Gasteiger partial charge in [0.2, 0.25) is 0 Å². The molecular weight excluding hydrogens is 699 g/mol. The van der Waals surface area contributed by atoms with Crippen LogP contribution in [-0.2, 0) is 31.6 Å². The summed E-state index contributed by atoms with van der Waals surface area (Å²) in [6.07, 6.45) is 5.78. The predicted octanol–water partition coefficient (Wildman–Crippen LogP) is 2.73. The Morgan fingerprint density at radius 2 is 1.82 bits per heavy atom. The Labute approximate surface area is 322 Å². The van der Waals surface area contributed by atoms with Crippen LogP contribution in [0.5, 0.6) is 5.75 Å². The number of ether oxygens (including phenoxy) is 2. The lowest BCUT2D eigenvalue weighted by molar-refractivity contribution is -0.201. The smallest absolute Gasteiger partial charge is 0.322 e. The maximum Gasteiger partial charge on any atom is 0.322 e. The number of carbonyl (C=O) groups is 2. The number of nitrogens with zero attached hydrogens (tertiary/aromatic N) is 3. The van der Waals surface area contributed by atoms with Gasteiger partial charge in [-0.1, -0.05) is 44.2 Å². The molecule has 5 aliphatic heterocycles. The highest BCUT2D eigenvalue weighted by Gasteiger charge is 2.78. The summed E-state index contributed by atoms with van der Waals surface area (Å²) in [5.41, 5.74) is 4.72. The number of aliphatic hydroxyl groups is 3. The van der Waals surface area contributed by atoms with E-state index in [0.717, 1.165) is 46.5 Å². The van der Waals surface area contributed by atoms with Crippen LogP contribution in [0.3, 0.4) is 0 Å². The van der Waals surface area contributed by atoms with E-state index >= 15 is 4.79 Å². The van der Waals surface area contributed by atoms with Crippen LogP contribution in [0.1, 0.15) is 68.3 Å². The number of benzene rings is 2. The number of hydrogen-bond acceptors (Lipinski definition) is 10. The number of fused-ring (bicyclic) bond motifs is 6. The summed E-state index contributed by atoms with van der Waals surface area (Å²) < 4.78 is 12.2. The van der Waals surface area contributed by atoms with Gasteiger partial charge in [-0.3, -0.25) is 19.4 Å². The van der Waals surface area contributed by atoms with E-state index < -0.39 is 51.5 Å². The number of primary amides is 1. The number of amides is 1. The molecule has 2 aromatic carbocycles. The summed E-state index contributed by atoms with van der Waals surface area (Å²) in [4.78, 5) is 39.3. The third kappa shape index (κ3) is 4.51. The number of piperidine rings is 1. The van der Waals surface area contributed by atoms with E-state index in [1.807, 2.05) is 62.2 Å². The van der Waals surface area contributed by atoms with Gasteiger partial charge < -0.3 is 40.4 Å². The van der Waals surface area contributed by atoms with Crippen molar-refractivity contribution in [3.63, 3.8) is 0 Å². The third-order valence-electron chi connectivity index (χ3n) is 15.2. The van der Waals surface area contributed by atoms with Gasteiger partial charge in [-0.25, -0.2) is 0 Å². The average Bonchev–Trinajstić information content (AvgIpc) is 3.84. The fourth-order valence-corrected chi connectivity index (χ4v) is 13.1. The molecule has 6 heterocycles. The number of nitrogens with two attached hydrogens (primary N) is 1. The molecule has 3 aromatic rings. The summed E-state index contributed by atoms with van der Waals surface area (Å²) >= 11 is 0. The first-order valence-corrected chi connectivity index (χ1v) is 20.0. The number of H-pyrrole nitrogens is 1. The number of likely N-dealkylation sites (N-methyl/N-ethyl adjacent to an activating group) is 1. The van der Waals surface area contributed by atoms with Gasteiger partial charge in [-0.15, -0.1) is 0 Å². The van der Waals surface area contributed by atoms with Crippen LogP contribution in [-0.4, -0.2) is 125 Å². The minimum absolute atomic E-state index is 0.0790. The van der Waals surface area contributed by atoms with Crippen molar-refractivity contribution in [2.75, 3.05) is 58.9 Å². The molecule has 12 nitrogen and oxygen atoms in total. The van der Waals surface area contributed by atoms with E-state index in [-0.39, 0.29) is 12.0 Å². The fraction of sp³-hybridized carbons (Fsp3) is 0.581. The second-order valence-corrected chi connectivity index (χ2v) is 17.5. The van der Waals surface area contributed by atoms with Gasteiger partial charge in [-0.05, 0) is 74.2 Å². The van der Waals surface area contributed by atoms with Crippen molar-refractivity contribution in [3.8, 4) is 5.75 Å². The van der Waals surface area contributed by atoms with E-state index in [9.17, 15) is 20.1 Å². The summed E-state index contributed by atoms with van der Waals surface area (Å²) in [6.45, 7) is 7.39. The van der Waals surface area contributed by atoms with Gasteiger partial charge in [0.1, 0.15) is 17.3 Å². The zero-order chi connectivity index (χ0) is 38.9. The second-order valence-electron chi connectivity index (χ2n) is 17.5. The molecule has 2 unspecified atom stereocenters. The summed E-state index contributed by atoms with van der Waals surface area (Å²) in [5.74, 6) is -1.00. The number of aromatic nitrogens is 1. The Balaban J connectivity index is 1.36. The monoisotopic (exact) mass is 753 g/mol. The maximum absolute atomic E-state index is 15.2. The highest BCUT2D eigenvalue weighted by Crippen LogP contribution is 2.67. The van der Waals surface area contributed by atoms with Gasteiger partial charge in [0, 0.05) is 84.0 Å². The van der Waals surface area contributed by atoms with Crippen molar-refractivity contribution < 1.29 is 34.4 Å². The van der Waals surface area contributed by atoms with Crippen molar-refractivity contribution in [1.82, 2.24) is 14.8 Å². The fourth-order valence-electron chi connectivity index (χ4n) is 13.1. The van der Waals surface area contributed by atoms with Crippen molar-refractivity contribution in [2.45, 2.75) is 92.6 Å². The van der Waals surface area contributed by atoms with Crippen LogP contribution < -0.4 is 15.4 Å². The molecule has 2 bridgehead atoms. The van der Waals surface area contributed by atoms with Gasteiger partial charge in [0.25, 0.3) is 5.91 Å². The van der Waals surface area contributed by atoms with E-state index in [1.54, 1.807) is 7.11 Å². The van der Waals surface area contributed by atoms with E-state index in [1.165, 1.54) is 7.11 Å². The van der Waals surface area contributed by atoms with Crippen LogP contribution in [0.15, 0.2) is 48.6 Å². The van der Waals surface area contributed by atoms with Crippen LogP contribution in [0.2, 0.25) is 0 Å². The van der Waals surface area contributed by atoms with Gasteiger partial charge in [0.15, 0.2) is 5.60 Å². The molecule has 1 spiro atoms. The molecule has 12 heteroatoms. The van der Waals surface area contributed by atoms with Crippen LogP contribution in [0.4, 0.5) is 5.69 Å². The van der Waals surface area contributed by atoms with Crippen molar-refractivity contribution in [2.24, 2.45) is 17.1 Å². The minimum atomic E-state index is -2.30. The maximum atomic E-state index is 15.2. The lowest BCUT2D eigenvalue weighted by atomic mass is 9.47. The second kappa shape index (κ2) is 12.3. The van der Waals surface area contributed by atoms with E-state index in [0.29, 0.717) is 69.5 Å². The summed E-state index contributed by atoms with van der Waals surface area (Å²) in [6, 6.07) is 11.0. The van der Waals surface area contributed by atoms with Crippen molar-refractivity contribution >= 4 is 28.5 Å². The number of aliphatic hydroxyl groups excluding tert-OH is 1. The molecule has 9 rings (SSSR count). The zero-order valence-corrected chi connectivity index (χ0v) is 32.6. The Morgan fingerprint density at radius 3 is 2.53 bits per heavy atom. The first kappa shape index (κ1) is 36.7. The SMILES string of the molecule is CC[C@]1(O)C[C@H]2CN(CCc3c([nH]c4ccccc34)[C@@](C(=O)OC)(c3cc4c(cc3OC)N(C)C3[C@]45CCN4CC=C[C@@](CC)([C@@H](O)[C@]3(O)C(N)=O)[C@H]45)C2)C1. The van der Waals surface area contributed by atoms with Crippen molar-refractivity contribution in [3.05, 3.63) is 70.9 Å². The zero-order valence-electron chi connectivity index (χ0n) is 32.6. The quantitative estimate of drug-likeness (QED) is 0.187. The normalized spacial score (nSPS) is 39.0. The number of esters is 1. The molecule has 3 fully saturated rings. The third-order valence-corrected chi connectivity index (χ3v) is 15.2. The van der Waals surface area contributed by atoms with Crippen molar-refractivity contribution in [1.29, 1.82) is 0 Å². The lowest BCUT2D eigenvalue weighted by Crippen LogP contribution is -2.81. The first-order chi connectivity index (χ1) is 26.3. The Morgan fingerprint density at radius 1 is 1.04 bits per heavy atom. The number of anilines is 1. The molecular formula is C43H55N5O7. The number of carbonyl (C=O) groups excluding carboxylic acids is 2. The highest BCUT2D eigenvalue weighted by molar-refractivity contribution is 5.95.